The topological polar surface area (TPSA) is 102 Å². The maximum absolute atomic E-state index is 12.5. The number of amides is 1. The van der Waals surface area contributed by atoms with Gasteiger partial charge in [0, 0.05) is 18.6 Å². The second kappa shape index (κ2) is 7.42. The zero-order chi connectivity index (χ0) is 16.1. The second-order valence-electron chi connectivity index (χ2n) is 5.78. The van der Waals surface area contributed by atoms with Gasteiger partial charge in [0.25, 0.3) is 0 Å². The van der Waals surface area contributed by atoms with E-state index >= 15 is 0 Å². The van der Waals surface area contributed by atoms with Crippen LogP contribution in [0.15, 0.2) is 0 Å². The van der Waals surface area contributed by atoms with Gasteiger partial charge in [-0.05, 0) is 38.0 Å². The number of methoxy groups -OCH3 is 1. The molecule has 1 saturated carbocycles. The van der Waals surface area contributed by atoms with Gasteiger partial charge in [-0.15, -0.1) is 0 Å². The van der Waals surface area contributed by atoms with Gasteiger partial charge in [-0.2, -0.15) is 12.7 Å². The summed E-state index contributed by atoms with van der Waals surface area (Å²) in [4.78, 5) is 11.3. The van der Waals surface area contributed by atoms with Crippen LogP contribution < -0.4 is 10.5 Å². The van der Waals surface area contributed by atoms with Crippen LogP contribution in [0.1, 0.15) is 46.0 Å². The van der Waals surface area contributed by atoms with Crippen LogP contribution in [0.2, 0.25) is 0 Å². The maximum Gasteiger partial charge on any atom is 0.421 e. The molecule has 0 atom stereocenters. The number of carbonyl (C=O) groups is 1. The van der Waals surface area contributed by atoms with Crippen molar-refractivity contribution in [3.8, 4) is 0 Å². The summed E-state index contributed by atoms with van der Waals surface area (Å²) in [6, 6.07) is 0. The van der Waals surface area contributed by atoms with Crippen LogP contribution in [0.3, 0.4) is 0 Å². The molecule has 0 spiro atoms. The number of hydrogen-bond acceptors (Lipinski definition) is 5. The molecule has 1 amide bonds. The molecule has 0 radical (unpaired) electrons. The highest BCUT2D eigenvalue weighted by Crippen LogP contribution is 2.37. The first-order valence-corrected chi connectivity index (χ1v) is 8.84. The number of carbonyl (C=O) groups excluding carboxylic acids is 1. The molecule has 0 saturated heterocycles. The van der Waals surface area contributed by atoms with Gasteiger partial charge in [-0.3, -0.25) is 0 Å². The van der Waals surface area contributed by atoms with Crippen LogP contribution in [0, 0.1) is 5.92 Å². The highest BCUT2D eigenvalue weighted by Gasteiger charge is 2.44. The van der Waals surface area contributed by atoms with Gasteiger partial charge in [0.15, 0.2) is 0 Å². The molecular formula is C13H27N3O4S. The fraction of sp³-hybridized carbons (Fsp3) is 0.923. The van der Waals surface area contributed by atoms with Crippen molar-refractivity contribution in [2.24, 2.45) is 11.7 Å². The molecule has 0 heterocycles. The van der Waals surface area contributed by atoms with Crippen LogP contribution in [0.25, 0.3) is 0 Å². The minimum atomic E-state index is -3.95. The van der Waals surface area contributed by atoms with E-state index in [1.165, 1.54) is 4.31 Å². The third-order valence-electron chi connectivity index (χ3n) is 4.23. The Labute approximate surface area is 127 Å². The predicted molar refractivity (Wildman–Crippen MR) is 80.9 cm³/mol. The van der Waals surface area contributed by atoms with E-state index in [0.29, 0.717) is 31.7 Å². The third-order valence-corrected chi connectivity index (χ3v) is 5.80. The molecule has 124 valence electrons. The van der Waals surface area contributed by atoms with Crippen molar-refractivity contribution in [1.29, 1.82) is 0 Å². The van der Waals surface area contributed by atoms with Gasteiger partial charge in [-0.1, -0.05) is 13.8 Å². The van der Waals surface area contributed by atoms with Crippen molar-refractivity contribution >= 4 is 16.3 Å². The minimum Gasteiger partial charge on any atom is -0.452 e. The molecule has 1 fully saturated rings. The molecule has 0 aromatic carbocycles. The van der Waals surface area contributed by atoms with E-state index in [0.717, 1.165) is 20.0 Å². The fourth-order valence-corrected chi connectivity index (χ4v) is 4.47. The molecule has 0 bridgehead atoms. The predicted octanol–water partition coefficient (Wildman–Crippen LogP) is 1.21. The lowest BCUT2D eigenvalue weighted by molar-refractivity contribution is 0.113. The van der Waals surface area contributed by atoms with E-state index in [4.69, 9.17) is 5.73 Å². The van der Waals surface area contributed by atoms with E-state index in [2.05, 4.69) is 11.7 Å². The van der Waals surface area contributed by atoms with E-state index < -0.39 is 21.8 Å². The molecule has 0 unspecified atom stereocenters. The summed E-state index contributed by atoms with van der Waals surface area (Å²) in [5.41, 5.74) is 5.32. The summed E-state index contributed by atoms with van der Waals surface area (Å²) in [5.74, 6) is 0.574. The van der Waals surface area contributed by atoms with Crippen LogP contribution in [-0.2, 0) is 14.9 Å². The molecule has 7 nitrogen and oxygen atoms in total. The first kappa shape index (κ1) is 18.2. The Bertz CT molecular complexity index is 444. The minimum absolute atomic E-state index is 0.252. The molecule has 0 aromatic heterocycles. The lowest BCUT2D eigenvalue weighted by Crippen LogP contribution is -2.61. The van der Waals surface area contributed by atoms with Gasteiger partial charge in [0.05, 0.1) is 7.11 Å². The molecule has 1 aliphatic rings. The van der Waals surface area contributed by atoms with Crippen molar-refractivity contribution in [2.45, 2.75) is 51.5 Å². The van der Waals surface area contributed by atoms with Crippen molar-refractivity contribution < 1.29 is 17.9 Å². The Kier molecular flexibility index (Phi) is 6.42. The van der Waals surface area contributed by atoms with Crippen molar-refractivity contribution in [3.05, 3.63) is 0 Å². The Morgan fingerprint density at radius 3 is 2.43 bits per heavy atom. The van der Waals surface area contributed by atoms with Crippen molar-refractivity contribution in [3.63, 3.8) is 0 Å². The van der Waals surface area contributed by atoms with Crippen LogP contribution >= 0.6 is 0 Å². The van der Waals surface area contributed by atoms with Crippen LogP contribution in [0.4, 0.5) is 4.79 Å². The normalized spacial score (nSPS) is 26.6. The number of ether oxygens (including phenoxy) is 1. The second-order valence-corrected chi connectivity index (χ2v) is 7.38. The smallest absolute Gasteiger partial charge is 0.421 e. The molecule has 1 rings (SSSR count). The van der Waals surface area contributed by atoms with Gasteiger partial charge in [-0.25, -0.2) is 9.52 Å². The Morgan fingerprint density at radius 1 is 1.43 bits per heavy atom. The summed E-state index contributed by atoms with van der Waals surface area (Å²) in [6.45, 7) is 4.64. The number of nitrogens with zero attached hydrogens (tertiary/aromatic N) is 1. The monoisotopic (exact) mass is 321 g/mol. The summed E-state index contributed by atoms with van der Waals surface area (Å²) in [6.07, 6.45) is 2.97. The SMILES string of the molecule is CCCN(C1(CN)CCC(C)CC1)S(=O)(=O)NC(=O)OC. The number of nitrogens with two attached hydrogens (primary N) is 1. The average Bonchev–Trinajstić information content (AvgIpc) is 2.45. The van der Waals surface area contributed by atoms with Gasteiger partial charge in [0.2, 0.25) is 0 Å². The maximum atomic E-state index is 12.5. The Balaban J connectivity index is 3.05. The Hall–Kier alpha value is -0.860. The first-order chi connectivity index (χ1) is 9.81. The highest BCUT2D eigenvalue weighted by molar-refractivity contribution is 7.87. The van der Waals surface area contributed by atoms with E-state index in [-0.39, 0.29) is 6.54 Å². The number of nitrogens with one attached hydrogen (secondary N) is 1. The van der Waals surface area contributed by atoms with Crippen molar-refractivity contribution in [2.75, 3.05) is 20.2 Å². The van der Waals surface area contributed by atoms with Crippen LogP contribution in [-0.4, -0.2) is 44.6 Å². The lowest BCUT2D eigenvalue weighted by Gasteiger charge is -2.45. The number of rotatable bonds is 6. The van der Waals surface area contributed by atoms with Gasteiger partial charge < -0.3 is 10.5 Å². The third kappa shape index (κ3) is 4.31. The Morgan fingerprint density at radius 2 is 2.00 bits per heavy atom. The largest absolute Gasteiger partial charge is 0.452 e. The summed E-state index contributed by atoms with van der Waals surface area (Å²) in [5, 5.41) is 0. The molecule has 3 N–H and O–H groups in total. The lowest BCUT2D eigenvalue weighted by atomic mass is 9.77. The zero-order valence-electron chi connectivity index (χ0n) is 13.1. The molecule has 0 aliphatic heterocycles. The molecular weight excluding hydrogens is 294 g/mol. The molecule has 21 heavy (non-hydrogen) atoms. The van der Waals surface area contributed by atoms with E-state index in [9.17, 15) is 13.2 Å². The fourth-order valence-electron chi connectivity index (χ4n) is 2.87. The molecule has 1 aliphatic carbocycles. The quantitative estimate of drug-likeness (QED) is 0.765. The zero-order valence-corrected chi connectivity index (χ0v) is 13.9. The standard InChI is InChI=1S/C13H27N3O4S/c1-4-9-16(21(18,19)15-12(17)20-3)13(10-14)7-5-11(2)6-8-13/h11H,4-10,14H2,1-3H3,(H,15,17). The van der Waals surface area contributed by atoms with E-state index in [1.54, 1.807) is 0 Å². The van der Waals surface area contributed by atoms with Crippen molar-refractivity contribution in [1.82, 2.24) is 9.03 Å². The molecule has 8 heteroatoms. The molecule has 0 aromatic rings. The summed E-state index contributed by atoms with van der Waals surface area (Å²) < 4.78 is 32.7. The average molecular weight is 321 g/mol. The summed E-state index contributed by atoms with van der Waals surface area (Å²) in [7, 11) is -2.82. The number of hydrogen-bond donors (Lipinski definition) is 2. The van der Waals surface area contributed by atoms with Gasteiger partial charge >= 0.3 is 16.3 Å². The first-order valence-electron chi connectivity index (χ1n) is 7.40. The highest BCUT2D eigenvalue weighted by atomic mass is 32.2. The van der Waals surface area contributed by atoms with Gasteiger partial charge in [0.1, 0.15) is 0 Å². The summed E-state index contributed by atoms with van der Waals surface area (Å²) >= 11 is 0. The van der Waals surface area contributed by atoms with Crippen LogP contribution in [0.5, 0.6) is 0 Å². The van der Waals surface area contributed by atoms with E-state index in [1.807, 2.05) is 11.6 Å².